The van der Waals surface area contributed by atoms with Crippen molar-refractivity contribution in [2.75, 3.05) is 0 Å². The highest BCUT2D eigenvalue weighted by Gasteiger charge is 2.15. The zero-order chi connectivity index (χ0) is 11.0. The highest BCUT2D eigenvalue weighted by Crippen LogP contribution is 2.20. The first-order chi connectivity index (χ1) is 7.88. The molecule has 0 amide bonds. The molecule has 0 bridgehead atoms. The molecule has 16 heavy (non-hydrogen) atoms. The predicted octanol–water partition coefficient (Wildman–Crippen LogP) is 0.138. The number of imidazole rings is 1. The van der Waals surface area contributed by atoms with Gasteiger partial charge in [0.05, 0.1) is 5.56 Å². The van der Waals surface area contributed by atoms with Gasteiger partial charge in [-0.25, -0.2) is 29.9 Å². The molecule has 0 N–H and O–H groups in total. The highest BCUT2D eigenvalue weighted by atomic mass is 15.1. The zero-order valence-corrected chi connectivity index (χ0v) is 7.86. The van der Waals surface area contributed by atoms with Crippen LogP contribution in [0.3, 0.4) is 0 Å². The molecule has 0 atom stereocenters. The van der Waals surface area contributed by atoms with Crippen molar-refractivity contribution in [1.82, 2.24) is 29.9 Å². The minimum Gasteiger partial charge on any atom is -0.234 e. The predicted molar refractivity (Wildman–Crippen MR) is 51.2 cm³/mol. The molecule has 0 aromatic rings. The Labute approximate surface area is 89.6 Å². The quantitative estimate of drug-likeness (QED) is 0.518. The van der Waals surface area contributed by atoms with Gasteiger partial charge in [0, 0.05) is 6.20 Å². The van der Waals surface area contributed by atoms with Crippen molar-refractivity contribution in [1.29, 1.82) is 5.26 Å². The number of rotatable bonds is 0. The van der Waals surface area contributed by atoms with Gasteiger partial charge in [0.25, 0.3) is 0 Å². The number of nitrogens with zero attached hydrogens (tertiary/aromatic N) is 7. The van der Waals surface area contributed by atoms with Crippen LogP contribution in [0.25, 0.3) is 23.2 Å². The largest absolute Gasteiger partial charge is 0.234 e. The lowest BCUT2D eigenvalue weighted by atomic mass is 10.3. The third-order valence-corrected chi connectivity index (χ3v) is 2.04. The Hall–Kier alpha value is -2.75. The monoisotopic (exact) mass is 209 g/mol. The molecule has 0 saturated heterocycles. The molecule has 0 saturated carbocycles. The maximum absolute atomic E-state index is 8.84. The minimum absolute atomic E-state index is 0.365. The van der Waals surface area contributed by atoms with Crippen LogP contribution in [0.5, 0.6) is 0 Å². The van der Waals surface area contributed by atoms with E-state index in [1.165, 1.54) is 18.9 Å². The molecular weight excluding hydrogens is 206 g/mol. The lowest BCUT2D eigenvalue weighted by Gasteiger charge is -1.93. The fourth-order valence-electron chi connectivity index (χ4n) is 1.32. The van der Waals surface area contributed by atoms with Crippen molar-refractivity contribution in [3.8, 4) is 29.2 Å². The second-order valence-corrected chi connectivity index (χ2v) is 2.96. The molecule has 3 aliphatic rings. The summed E-state index contributed by atoms with van der Waals surface area (Å²) in [6.45, 7) is 0. The van der Waals surface area contributed by atoms with E-state index in [0.29, 0.717) is 28.7 Å². The first kappa shape index (κ1) is 8.55. The third kappa shape index (κ3) is 1.14. The number of fused-ring (bicyclic) bond motifs is 2. The van der Waals surface area contributed by atoms with Gasteiger partial charge in [0.2, 0.25) is 11.6 Å². The van der Waals surface area contributed by atoms with E-state index in [2.05, 4.69) is 29.9 Å². The van der Waals surface area contributed by atoms with Crippen LogP contribution < -0.4 is 0 Å². The number of hydrogen-bond donors (Lipinski definition) is 0. The average Bonchev–Trinajstić information content (AvgIpc) is 2.84. The summed E-state index contributed by atoms with van der Waals surface area (Å²) in [7, 11) is 0. The van der Waals surface area contributed by atoms with Crippen molar-refractivity contribution in [3.05, 3.63) is 24.4 Å². The fraction of sp³-hybridized carbons (Fsp3) is 0. The first-order valence-electron chi connectivity index (χ1n) is 4.37. The Morgan fingerprint density at radius 2 is 1.62 bits per heavy atom. The van der Waals surface area contributed by atoms with E-state index in [1.54, 1.807) is 0 Å². The van der Waals surface area contributed by atoms with Gasteiger partial charge in [-0.3, -0.25) is 0 Å². The Morgan fingerprint density at radius 1 is 0.875 bits per heavy atom. The summed E-state index contributed by atoms with van der Waals surface area (Å²) in [5.74, 6) is 1.15. The van der Waals surface area contributed by atoms with Gasteiger partial charge in [0.15, 0.2) is 5.82 Å². The van der Waals surface area contributed by atoms with E-state index in [4.69, 9.17) is 5.26 Å². The van der Waals surface area contributed by atoms with Crippen LogP contribution >= 0.6 is 0 Å². The van der Waals surface area contributed by atoms with E-state index in [0.717, 1.165) is 0 Å². The molecular formula is C9H3N7. The van der Waals surface area contributed by atoms with E-state index < -0.39 is 0 Å². The maximum atomic E-state index is 8.84. The standard InChI is InChI=1S/C9H3N7/c10-1-5-2-11-7-6(5)12-3-13-8-9(16-7)15-4-14-8/h2-4H. The smallest absolute Gasteiger partial charge is 0.201 e. The molecule has 0 fully saturated rings. The Kier molecular flexibility index (Phi) is 1.67. The highest BCUT2D eigenvalue weighted by molar-refractivity contribution is 5.62. The molecule has 0 unspecified atom stereocenters. The Morgan fingerprint density at radius 3 is 2.44 bits per heavy atom. The molecule has 3 aliphatic heterocycles. The van der Waals surface area contributed by atoms with Gasteiger partial charge in [-0.05, 0) is 0 Å². The summed E-state index contributed by atoms with van der Waals surface area (Å²) in [6, 6.07) is 1.99. The van der Waals surface area contributed by atoms with E-state index >= 15 is 0 Å². The second-order valence-electron chi connectivity index (χ2n) is 2.96. The van der Waals surface area contributed by atoms with Crippen molar-refractivity contribution < 1.29 is 0 Å². The normalized spacial score (nSPS) is 10.4. The van der Waals surface area contributed by atoms with Crippen LogP contribution in [0.1, 0.15) is 5.56 Å². The van der Waals surface area contributed by atoms with Gasteiger partial charge >= 0.3 is 0 Å². The summed E-state index contributed by atoms with van der Waals surface area (Å²) in [6.07, 6.45) is 4.11. The van der Waals surface area contributed by atoms with Gasteiger partial charge < -0.3 is 0 Å². The SMILES string of the molecule is N#Cc1cnc2nc3ncnc-3ncnc1-2. The third-order valence-electron chi connectivity index (χ3n) is 2.04. The Balaban J connectivity index is 2.35. The van der Waals surface area contributed by atoms with Crippen LogP contribution in [-0.4, -0.2) is 29.9 Å². The summed E-state index contributed by atoms with van der Waals surface area (Å²) < 4.78 is 0. The summed E-state index contributed by atoms with van der Waals surface area (Å²) in [4.78, 5) is 24.0. The molecule has 0 aromatic heterocycles. The minimum atomic E-state index is 0.365. The molecule has 3 rings (SSSR count). The van der Waals surface area contributed by atoms with E-state index in [9.17, 15) is 0 Å². The zero-order valence-electron chi connectivity index (χ0n) is 7.86. The summed E-state index contributed by atoms with van der Waals surface area (Å²) >= 11 is 0. The van der Waals surface area contributed by atoms with Crippen molar-refractivity contribution >= 4 is 0 Å². The summed E-state index contributed by atoms with van der Waals surface area (Å²) in [5, 5.41) is 8.84. The molecule has 0 spiro atoms. The van der Waals surface area contributed by atoms with Crippen molar-refractivity contribution in [2.45, 2.75) is 0 Å². The molecule has 7 nitrogen and oxygen atoms in total. The molecule has 7 heteroatoms. The van der Waals surface area contributed by atoms with Crippen molar-refractivity contribution in [3.63, 3.8) is 0 Å². The topological polar surface area (TPSA) is 101 Å². The Bertz CT molecular complexity index is 644. The van der Waals surface area contributed by atoms with E-state index in [1.807, 2.05) is 6.07 Å². The van der Waals surface area contributed by atoms with Crippen LogP contribution in [0.2, 0.25) is 0 Å². The van der Waals surface area contributed by atoms with E-state index in [-0.39, 0.29) is 0 Å². The molecule has 3 heterocycles. The second kappa shape index (κ2) is 3.13. The number of hydrogen-bond acceptors (Lipinski definition) is 7. The fourth-order valence-corrected chi connectivity index (χ4v) is 1.32. The molecule has 0 radical (unpaired) electrons. The number of aromatic nitrogens is 6. The van der Waals surface area contributed by atoms with Gasteiger partial charge in [-0.2, -0.15) is 5.26 Å². The van der Waals surface area contributed by atoms with Gasteiger partial charge in [-0.1, -0.05) is 0 Å². The first-order valence-corrected chi connectivity index (χ1v) is 4.37. The lowest BCUT2D eigenvalue weighted by molar-refractivity contribution is 1.10. The molecule has 0 aliphatic carbocycles. The average molecular weight is 209 g/mol. The van der Waals surface area contributed by atoms with Gasteiger partial charge in [0.1, 0.15) is 24.4 Å². The maximum Gasteiger partial charge on any atom is 0.201 e. The van der Waals surface area contributed by atoms with Crippen LogP contribution in [0.4, 0.5) is 0 Å². The van der Waals surface area contributed by atoms with Crippen molar-refractivity contribution in [2.24, 2.45) is 0 Å². The summed E-state index contributed by atoms with van der Waals surface area (Å²) in [5.41, 5.74) is 0.785. The van der Waals surface area contributed by atoms with Crippen LogP contribution in [-0.2, 0) is 0 Å². The molecule has 0 aromatic carbocycles. The van der Waals surface area contributed by atoms with Crippen LogP contribution in [0, 0.1) is 11.3 Å². The molecule has 74 valence electrons. The van der Waals surface area contributed by atoms with Crippen LogP contribution in [0.15, 0.2) is 18.9 Å². The van der Waals surface area contributed by atoms with Gasteiger partial charge in [-0.15, -0.1) is 0 Å². The lowest BCUT2D eigenvalue weighted by Crippen LogP contribution is -1.92. The number of nitriles is 1.